The van der Waals surface area contributed by atoms with Crippen molar-refractivity contribution < 1.29 is 76.5 Å². The standard InChI is InChI=1S/2C24H17F6O.C2H6Si.2ClH.Zr/c2*1-3-14-5-6-15-8-16(21-7-4-13(2)31-21)11-20(15)22(14)17-9-18(23(25,26)27)12-19(10-17)24(28,29)30;1-3-2;;;/h2*4-12H,3H2,1-2H3;1-2H3;2*1H;/q;;;;;+2/p-2. The van der Waals surface area contributed by atoms with Crippen LogP contribution in [0.15, 0.2) is 93.8 Å². The summed E-state index contributed by atoms with van der Waals surface area (Å²) >= 11 is -6.28. The average molecular weight is 1090 g/mol. The van der Waals surface area contributed by atoms with Gasteiger partial charge in [-0.05, 0) is 0 Å². The first-order valence-corrected chi connectivity index (χ1v) is 36.7. The summed E-state index contributed by atoms with van der Waals surface area (Å²) in [5, 5.41) is 0. The van der Waals surface area contributed by atoms with Gasteiger partial charge in [-0.2, -0.15) is 0 Å². The van der Waals surface area contributed by atoms with E-state index in [9.17, 15) is 52.7 Å². The fourth-order valence-electron chi connectivity index (χ4n) is 9.95. The molecule has 2 heterocycles. The van der Waals surface area contributed by atoms with Crippen LogP contribution in [-0.4, -0.2) is 5.43 Å². The third kappa shape index (κ3) is 8.50. The molecule has 8 rings (SSSR count). The third-order valence-corrected chi connectivity index (χ3v) is 59.4. The summed E-state index contributed by atoms with van der Waals surface area (Å²) in [6.07, 6.45) is -16.9. The molecule has 6 aromatic rings. The van der Waals surface area contributed by atoms with Gasteiger partial charge in [-0.15, -0.1) is 0 Å². The molecule has 68 heavy (non-hydrogen) atoms. The second-order valence-corrected chi connectivity index (χ2v) is 56.3. The molecule has 0 aliphatic heterocycles. The van der Waals surface area contributed by atoms with Crippen molar-refractivity contribution in [2.45, 2.75) is 85.6 Å². The van der Waals surface area contributed by atoms with Crippen LogP contribution in [0.3, 0.4) is 0 Å². The van der Waals surface area contributed by atoms with Gasteiger partial charge in [-0.25, -0.2) is 0 Å². The van der Waals surface area contributed by atoms with E-state index in [2.05, 4.69) is 0 Å². The fourth-order valence-corrected chi connectivity index (χ4v) is 37.6. The van der Waals surface area contributed by atoms with Crippen molar-refractivity contribution in [3.05, 3.63) is 164 Å². The SMILES string of the molecule is CCc1ccc2c(c1-c1cc(C(F)(F)F)cc(C(F)(F)F)c1)C=C(c1ccc(C)o1)[CH]2[Zr]([Cl])([Cl])([CH]1C(c2ccc(C)o2)=Cc2c1ccc(CC)c2-c1cc(C(F)(F)F)cc(C(F)(F)F)c1)=[Si](C)C. The van der Waals surface area contributed by atoms with Crippen LogP contribution in [0.5, 0.6) is 0 Å². The topological polar surface area (TPSA) is 26.3 Å². The van der Waals surface area contributed by atoms with Crippen LogP contribution in [0.1, 0.15) is 99.8 Å². The molecule has 0 N–H and O–H groups in total. The number of alkyl halides is 12. The molecule has 0 fully saturated rings. The Balaban J connectivity index is 1.49. The number of fused-ring (bicyclic) bond motifs is 2. The van der Waals surface area contributed by atoms with Gasteiger partial charge in [0, 0.05) is 0 Å². The van der Waals surface area contributed by atoms with Crippen LogP contribution in [0.2, 0.25) is 13.1 Å². The number of aryl methyl sites for hydroxylation is 4. The zero-order valence-electron chi connectivity index (χ0n) is 36.9. The van der Waals surface area contributed by atoms with Gasteiger partial charge in [0.2, 0.25) is 0 Å². The van der Waals surface area contributed by atoms with Gasteiger partial charge < -0.3 is 0 Å². The van der Waals surface area contributed by atoms with E-state index in [4.69, 9.17) is 25.9 Å². The first-order chi connectivity index (χ1) is 31.5. The minimum absolute atomic E-state index is 0.0636. The van der Waals surface area contributed by atoms with E-state index in [0.717, 1.165) is 0 Å². The molecular weight excluding hydrogens is 1050 g/mol. The molecule has 0 bridgehead atoms. The molecule has 2 atom stereocenters. The summed E-state index contributed by atoms with van der Waals surface area (Å²) in [6.45, 7) is 10.6. The van der Waals surface area contributed by atoms with Crippen molar-refractivity contribution in [2.24, 2.45) is 0 Å². The van der Waals surface area contributed by atoms with Crippen molar-refractivity contribution in [2.75, 3.05) is 0 Å². The average Bonchev–Trinajstić information content (AvgIpc) is 4.06. The number of furan rings is 2. The molecule has 2 aliphatic carbocycles. The van der Waals surface area contributed by atoms with E-state index < -0.39 is 74.7 Å². The van der Waals surface area contributed by atoms with Crippen LogP contribution in [0.4, 0.5) is 52.7 Å². The molecule has 4 aromatic carbocycles. The van der Waals surface area contributed by atoms with E-state index in [1.807, 2.05) is 13.1 Å². The van der Waals surface area contributed by atoms with Crippen LogP contribution in [0, 0.1) is 13.8 Å². The Bertz CT molecular complexity index is 2910. The fraction of sp³-hybridized carbons (Fsp3) is 0.280. The molecule has 0 radical (unpaired) electrons. The number of rotatable bonds is 8. The van der Waals surface area contributed by atoms with E-state index in [1.165, 1.54) is 0 Å². The van der Waals surface area contributed by atoms with Gasteiger partial charge in [-0.3, -0.25) is 0 Å². The van der Waals surface area contributed by atoms with Gasteiger partial charge in [0.1, 0.15) is 0 Å². The molecule has 2 aromatic heterocycles. The van der Waals surface area contributed by atoms with E-state index in [-0.39, 0.29) is 69.9 Å². The first kappa shape index (κ1) is 50.2. The van der Waals surface area contributed by atoms with Gasteiger partial charge in [0.25, 0.3) is 0 Å². The zero-order chi connectivity index (χ0) is 49.9. The maximum absolute atomic E-state index is 14.4. The minimum atomic E-state index is -6.28. The third-order valence-electron chi connectivity index (χ3n) is 13.2. The number of benzene rings is 4. The zero-order valence-corrected chi connectivity index (χ0v) is 41.9. The van der Waals surface area contributed by atoms with Crippen LogP contribution in [0.25, 0.3) is 45.6 Å². The number of halogens is 14. The van der Waals surface area contributed by atoms with Crippen LogP contribution in [-0.2, 0) is 52.6 Å². The first-order valence-electron chi connectivity index (χ1n) is 21.3. The summed E-state index contributed by atoms with van der Waals surface area (Å²) in [5.74, 6) is 1.48. The molecule has 2 unspecified atom stereocenters. The Hall–Kier alpha value is -4.24. The summed E-state index contributed by atoms with van der Waals surface area (Å²) in [7, 11) is 17.3. The second kappa shape index (κ2) is 17.0. The molecule has 0 saturated carbocycles. The summed E-state index contributed by atoms with van der Waals surface area (Å²) in [4.78, 5) is 0. The number of hydrogen-bond donors (Lipinski definition) is 0. The monoisotopic (exact) mass is 1090 g/mol. The van der Waals surface area contributed by atoms with Gasteiger partial charge in [0.05, 0.1) is 0 Å². The number of hydrogen-bond acceptors (Lipinski definition) is 2. The maximum atomic E-state index is 14.4. The molecule has 0 spiro atoms. The van der Waals surface area contributed by atoms with Gasteiger partial charge in [-0.1, -0.05) is 0 Å². The molecule has 358 valence electrons. The van der Waals surface area contributed by atoms with E-state index >= 15 is 0 Å². The molecule has 2 aliphatic rings. The van der Waals surface area contributed by atoms with E-state index in [1.54, 1.807) is 88.4 Å². The Morgan fingerprint density at radius 2 is 0.824 bits per heavy atom. The van der Waals surface area contributed by atoms with Crippen molar-refractivity contribution in [3.63, 3.8) is 0 Å². The van der Waals surface area contributed by atoms with Gasteiger partial charge >= 0.3 is 394 Å². The normalized spacial score (nSPS) is 16.8. The molecule has 0 amide bonds. The Morgan fingerprint density at radius 1 is 0.500 bits per heavy atom. The van der Waals surface area contributed by atoms with Crippen molar-refractivity contribution in [3.8, 4) is 22.3 Å². The Kier molecular flexibility index (Phi) is 12.5. The predicted octanol–water partition coefficient (Wildman–Crippen LogP) is 18.2. The predicted molar refractivity (Wildman–Crippen MR) is 240 cm³/mol. The van der Waals surface area contributed by atoms with Gasteiger partial charge in [0.15, 0.2) is 0 Å². The van der Waals surface area contributed by atoms with Crippen molar-refractivity contribution in [1.82, 2.24) is 0 Å². The molecule has 0 saturated heterocycles. The van der Waals surface area contributed by atoms with Crippen LogP contribution < -0.4 is 0 Å². The van der Waals surface area contributed by atoms with E-state index in [0.29, 0.717) is 69.2 Å². The van der Waals surface area contributed by atoms with Crippen LogP contribution >= 0.6 is 17.0 Å². The number of allylic oxidation sites excluding steroid dienone is 2. The van der Waals surface area contributed by atoms with Crippen molar-refractivity contribution >= 4 is 45.8 Å². The summed E-state index contributed by atoms with van der Waals surface area (Å²) in [6, 6.07) is 16.3. The summed E-state index contributed by atoms with van der Waals surface area (Å²) < 4.78 is 184. The molecule has 2 nitrogen and oxygen atoms in total. The van der Waals surface area contributed by atoms with Crippen molar-refractivity contribution in [1.29, 1.82) is 0 Å². The summed E-state index contributed by atoms with van der Waals surface area (Å²) in [5.41, 5.74) is -5.57. The molecular formula is C50H40Cl2F12O2SiZr. The molecule has 18 heteroatoms. The quantitative estimate of drug-likeness (QED) is 0.112. The Morgan fingerprint density at radius 3 is 1.07 bits per heavy atom. The second-order valence-electron chi connectivity index (χ2n) is 17.5. The Labute approximate surface area is 391 Å².